The van der Waals surface area contributed by atoms with Gasteiger partial charge in [-0.2, -0.15) is 4.39 Å². The van der Waals surface area contributed by atoms with Crippen molar-refractivity contribution in [3.05, 3.63) is 70.9 Å². The summed E-state index contributed by atoms with van der Waals surface area (Å²) in [5.41, 5.74) is 2.23. The summed E-state index contributed by atoms with van der Waals surface area (Å²) in [5.74, 6) is 0.132. The molecule has 1 atom stereocenters. The minimum absolute atomic E-state index is 0.0843. The van der Waals surface area contributed by atoms with Gasteiger partial charge in [0.15, 0.2) is 0 Å². The van der Waals surface area contributed by atoms with E-state index in [1.165, 1.54) is 6.07 Å². The lowest BCUT2D eigenvalue weighted by atomic mass is 10.1. The van der Waals surface area contributed by atoms with Crippen molar-refractivity contribution in [2.24, 2.45) is 0 Å². The van der Waals surface area contributed by atoms with Gasteiger partial charge in [0.1, 0.15) is 22.8 Å². The molecule has 3 rings (SSSR count). The van der Waals surface area contributed by atoms with Crippen molar-refractivity contribution in [2.75, 3.05) is 14.2 Å². The molecule has 0 aliphatic rings. The molecule has 10 heteroatoms. The molecule has 2 amide bonds. The number of pyridine rings is 2. The Hall–Kier alpha value is -4.21. The van der Waals surface area contributed by atoms with Crippen molar-refractivity contribution < 1.29 is 28.2 Å². The number of aromatic nitrogens is 2. The van der Waals surface area contributed by atoms with E-state index in [0.29, 0.717) is 34.0 Å². The summed E-state index contributed by atoms with van der Waals surface area (Å²) in [5, 5.41) is 5.63. The third kappa shape index (κ3) is 7.64. The molecule has 0 bridgehead atoms. The van der Waals surface area contributed by atoms with Gasteiger partial charge in [-0.05, 0) is 82.1 Å². The van der Waals surface area contributed by atoms with Crippen LogP contribution in [0.5, 0.6) is 11.5 Å². The normalized spacial score (nSPS) is 11.9. The maximum absolute atomic E-state index is 13.6. The standard InChI is InChI=1S/C28H33FN4O5/c1-16(19-12-20(36-6)14-21(13-19)37-7)32-26(34)24-11-18(15-30-27(35)38-28(3,4)5)10-23(33-24)22-8-9-25(29)31-17(22)2/h8-14,16H,15H2,1-7H3,(H,30,35)(H,32,34). The van der Waals surface area contributed by atoms with E-state index in [2.05, 4.69) is 20.6 Å². The number of carbonyl (C=O) groups is 2. The number of benzene rings is 1. The monoisotopic (exact) mass is 524 g/mol. The predicted octanol–water partition coefficient (Wildman–Crippen LogP) is 5.12. The van der Waals surface area contributed by atoms with Crippen LogP contribution in [-0.2, 0) is 11.3 Å². The van der Waals surface area contributed by atoms with Crippen LogP contribution in [0.4, 0.5) is 9.18 Å². The number of alkyl carbamates (subject to hydrolysis) is 1. The largest absolute Gasteiger partial charge is 0.497 e. The minimum atomic E-state index is -0.658. The number of methoxy groups -OCH3 is 2. The molecule has 9 nitrogen and oxygen atoms in total. The van der Waals surface area contributed by atoms with Crippen LogP contribution in [0.25, 0.3) is 11.3 Å². The van der Waals surface area contributed by atoms with E-state index in [9.17, 15) is 14.0 Å². The Balaban J connectivity index is 1.92. The Kier molecular flexibility index (Phi) is 8.88. The highest BCUT2D eigenvalue weighted by molar-refractivity contribution is 5.93. The lowest BCUT2D eigenvalue weighted by Gasteiger charge is -2.20. The molecule has 1 aromatic carbocycles. The number of amides is 2. The second-order valence-electron chi connectivity index (χ2n) is 9.71. The fourth-order valence-corrected chi connectivity index (χ4v) is 3.67. The van der Waals surface area contributed by atoms with Crippen molar-refractivity contribution in [2.45, 2.75) is 52.8 Å². The van der Waals surface area contributed by atoms with Crippen molar-refractivity contribution in [3.63, 3.8) is 0 Å². The molecule has 38 heavy (non-hydrogen) atoms. The van der Waals surface area contributed by atoms with Crippen LogP contribution in [0.3, 0.4) is 0 Å². The second kappa shape index (κ2) is 11.9. The highest BCUT2D eigenvalue weighted by Gasteiger charge is 2.19. The molecule has 2 N–H and O–H groups in total. The van der Waals surface area contributed by atoms with Crippen LogP contribution in [0, 0.1) is 12.9 Å². The number of rotatable bonds is 8. The Morgan fingerprint density at radius 1 is 1.00 bits per heavy atom. The van der Waals surface area contributed by atoms with E-state index in [1.807, 2.05) is 6.92 Å². The molecule has 202 valence electrons. The fourth-order valence-electron chi connectivity index (χ4n) is 3.67. The third-order valence-electron chi connectivity index (χ3n) is 5.50. The van der Waals surface area contributed by atoms with Gasteiger partial charge in [0, 0.05) is 23.9 Å². The zero-order valence-corrected chi connectivity index (χ0v) is 22.6. The number of halogens is 1. The summed E-state index contributed by atoms with van der Waals surface area (Å²) >= 11 is 0. The Morgan fingerprint density at radius 3 is 2.24 bits per heavy atom. The molecule has 0 aliphatic heterocycles. The van der Waals surface area contributed by atoms with Gasteiger partial charge in [-0.25, -0.2) is 14.8 Å². The lowest BCUT2D eigenvalue weighted by molar-refractivity contribution is 0.0523. The van der Waals surface area contributed by atoms with Crippen molar-refractivity contribution >= 4 is 12.0 Å². The molecule has 0 fully saturated rings. The minimum Gasteiger partial charge on any atom is -0.497 e. The van der Waals surface area contributed by atoms with E-state index < -0.39 is 29.6 Å². The van der Waals surface area contributed by atoms with Crippen LogP contribution >= 0.6 is 0 Å². The summed E-state index contributed by atoms with van der Waals surface area (Å²) in [7, 11) is 3.10. The fraction of sp³-hybridized carbons (Fsp3) is 0.357. The highest BCUT2D eigenvalue weighted by Crippen LogP contribution is 2.27. The summed E-state index contributed by atoms with van der Waals surface area (Å²) in [6.45, 7) is 8.87. The number of hydrogen-bond donors (Lipinski definition) is 2. The lowest BCUT2D eigenvalue weighted by Crippen LogP contribution is -2.32. The van der Waals surface area contributed by atoms with Crippen molar-refractivity contribution in [1.29, 1.82) is 0 Å². The quantitative estimate of drug-likeness (QED) is 0.393. The summed E-state index contributed by atoms with van der Waals surface area (Å²) in [6, 6.07) is 11.0. The molecule has 2 heterocycles. The Morgan fingerprint density at radius 2 is 1.66 bits per heavy atom. The average Bonchev–Trinajstić information content (AvgIpc) is 2.85. The van der Waals surface area contributed by atoms with Gasteiger partial charge in [-0.3, -0.25) is 4.79 Å². The van der Waals surface area contributed by atoms with E-state index in [-0.39, 0.29) is 12.2 Å². The first-order valence-electron chi connectivity index (χ1n) is 12.0. The molecular weight excluding hydrogens is 491 g/mol. The highest BCUT2D eigenvalue weighted by atomic mass is 19.1. The van der Waals surface area contributed by atoms with Crippen LogP contribution in [0.2, 0.25) is 0 Å². The zero-order chi connectivity index (χ0) is 28.0. The van der Waals surface area contributed by atoms with Crippen molar-refractivity contribution in [3.8, 4) is 22.8 Å². The van der Waals surface area contributed by atoms with E-state index in [4.69, 9.17) is 14.2 Å². The molecule has 0 spiro atoms. The molecule has 2 aromatic heterocycles. The number of aryl methyl sites for hydroxylation is 1. The third-order valence-corrected chi connectivity index (χ3v) is 5.50. The van der Waals surface area contributed by atoms with Gasteiger partial charge < -0.3 is 24.8 Å². The SMILES string of the molecule is COc1cc(OC)cc(C(C)NC(=O)c2cc(CNC(=O)OC(C)(C)C)cc(-c3ccc(F)nc3C)n2)c1. The Labute approximate surface area is 221 Å². The van der Waals surface area contributed by atoms with Gasteiger partial charge in [0.2, 0.25) is 5.95 Å². The average molecular weight is 525 g/mol. The molecule has 0 aliphatic carbocycles. The molecule has 0 saturated carbocycles. The van der Waals surface area contributed by atoms with Gasteiger partial charge in [0.05, 0.1) is 26.0 Å². The van der Waals surface area contributed by atoms with Gasteiger partial charge in [-0.15, -0.1) is 0 Å². The number of carbonyl (C=O) groups excluding carboxylic acids is 2. The first-order chi connectivity index (χ1) is 17.9. The smallest absolute Gasteiger partial charge is 0.407 e. The molecule has 0 saturated heterocycles. The number of nitrogens with zero attached hydrogens (tertiary/aromatic N) is 2. The van der Waals surface area contributed by atoms with Crippen LogP contribution in [0.15, 0.2) is 42.5 Å². The second-order valence-corrected chi connectivity index (χ2v) is 9.71. The first-order valence-corrected chi connectivity index (χ1v) is 12.0. The van der Waals surface area contributed by atoms with E-state index in [1.54, 1.807) is 78.3 Å². The molecule has 1 unspecified atom stereocenters. The van der Waals surface area contributed by atoms with Gasteiger partial charge in [-0.1, -0.05) is 0 Å². The van der Waals surface area contributed by atoms with E-state index in [0.717, 1.165) is 5.56 Å². The predicted molar refractivity (Wildman–Crippen MR) is 141 cm³/mol. The first kappa shape index (κ1) is 28.4. The molecular formula is C28H33FN4O5. The number of hydrogen-bond acceptors (Lipinski definition) is 7. The maximum atomic E-state index is 13.6. The molecule has 0 radical (unpaired) electrons. The summed E-state index contributed by atoms with van der Waals surface area (Å²) < 4.78 is 29.6. The maximum Gasteiger partial charge on any atom is 0.407 e. The zero-order valence-electron chi connectivity index (χ0n) is 22.6. The van der Waals surface area contributed by atoms with E-state index >= 15 is 0 Å². The Bertz CT molecular complexity index is 1300. The number of nitrogens with one attached hydrogen (secondary N) is 2. The van der Waals surface area contributed by atoms with Gasteiger partial charge >= 0.3 is 6.09 Å². The van der Waals surface area contributed by atoms with Crippen LogP contribution in [0.1, 0.15) is 61.0 Å². The van der Waals surface area contributed by atoms with Crippen LogP contribution < -0.4 is 20.1 Å². The number of ether oxygens (including phenoxy) is 3. The summed E-state index contributed by atoms with van der Waals surface area (Å²) in [4.78, 5) is 33.9. The van der Waals surface area contributed by atoms with Crippen molar-refractivity contribution in [1.82, 2.24) is 20.6 Å². The topological polar surface area (TPSA) is 112 Å². The van der Waals surface area contributed by atoms with Gasteiger partial charge in [0.25, 0.3) is 5.91 Å². The van der Waals surface area contributed by atoms with Crippen LogP contribution in [-0.4, -0.2) is 41.8 Å². The summed E-state index contributed by atoms with van der Waals surface area (Å²) in [6.07, 6.45) is -0.595. The molecule has 3 aromatic rings.